The first-order valence-corrected chi connectivity index (χ1v) is 7.09. The molecule has 0 spiro atoms. The highest BCUT2D eigenvalue weighted by atomic mass is 16.3. The van der Waals surface area contributed by atoms with Gasteiger partial charge < -0.3 is 10.4 Å². The second kappa shape index (κ2) is 7.95. The molecule has 0 aromatic heterocycles. The number of carbonyl (C=O) groups excluding carboxylic acids is 1. The normalized spacial score (nSPS) is 12.5. The van der Waals surface area contributed by atoms with E-state index < -0.39 is 0 Å². The number of hydrogen-bond acceptors (Lipinski definition) is 2. The van der Waals surface area contributed by atoms with Crippen LogP contribution in [0, 0.1) is 5.92 Å². The van der Waals surface area contributed by atoms with Crippen molar-refractivity contribution in [3.05, 3.63) is 35.4 Å². The molecule has 1 aromatic carbocycles. The van der Waals surface area contributed by atoms with Crippen molar-refractivity contribution < 1.29 is 9.90 Å². The Bertz CT molecular complexity index is 384. The second-order valence-electron chi connectivity index (χ2n) is 5.30. The largest absolute Gasteiger partial charge is 0.393 e. The van der Waals surface area contributed by atoms with Gasteiger partial charge >= 0.3 is 0 Å². The molecule has 3 nitrogen and oxygen atoms in total. The van der Waals surface area contributed by atoms with Crippen LogP contribution in [-0.2, 0) is 6.42 Å². The third-order valence-corrected chi connectivity index (χ3v) is 3.25. The van der Waals surface area contributed by atoms with Gasteiger partial charge in [0.05, 0.1) is 6.10 Å². The molecule has 0 aliphatic heterocycles. The summed E-state index contributed by atoms with van der Waals surface area (Å²) in [5, 5.41) is 12.5. The summed E-state index contributed by atoms with van der Waals surface area (Å²) in [5.74, 6) is 0.157. The minimum atomic E-state index is -0.354. The van der Waals surface area contributed by atoms with Crippen LogP contribution in [0.4, 0.5) is 0 Å². The Morgan fingerprint density at radius 3 is 2.42 bits per heavy atom. The lowest BCUT2D eigenvalue weighted by atomic mass is 10.0. The van der Waals surface area contributed by atoms with Crippen LogP contribution >= 0.6 is 0 Å². The highest BCUT2D eigenvalue weighted by molar-refractivity contribution is 5.94. The van der Waals surface area contributed by atoms with E-state index in [2.05, 4.69) is 12.2 Å². The van der Waals surface area contributed by atoms with Crippen LogP contribution in [0.3, 0.4) is 0 Å². The first-order valence-electron chi connectivity index (χ1n) is 7.09. The van der Waals surface area contributed by atoms with Crippen LogP contribution < -0.4 is 5.32 Å². The number of nitrogens with one attached hydrogen (secondary N) is 1. The molecular weight excluding hydrogens is 238 g/mol. The Kier molecular flexibility index (Phi) is 6.57. The zero-order chi connectivity index (χ0) is 14.3. The topological polar surface area (TPSA) is 49.3 Å². The molecule has 1 atom stereocenters. The Morgan fingerprint density at radius 2 is 1.89 bits per heavy atom. The molecule has 19 heavy (non-hydrogen) atoms. The predicted octanol–water partition coefficient (Wildman–Crippen LogP) is 2.78. The van der Waals surface area contributed by atoms with Gasteiger partial charge in [0.15, 0.2) is 0 Å². The molecule has 0 radical (unpaired) electrons. The maximum Gasteiger partial charge on any atom is 0.251 e. The quantitative estimate of drug-likeness (QED) is 0.794. The molecule has 0 bridgehead atoms. The minimum absolute atomic E-state index is 0.0704. The third-order valence-electron chi connectivity index (χ3n) is 3.25. The van der Waals surface area contributed by atoms with Crippen molar-refractivity contribution in [2.75, 3.05) is 6.54 Å². The van der Waals surface area contributed by atoms with E-state index in [1.165, 1.54) is 5.56 Å². The summed E-state index contributed by atoms with van der Waals surface area (Å²) in [4.78, 5) is 11.9. The van der Waals surface area contributed by atoms with Crippen molar-refractivity contribution in [1.29, 1.82) is 0 Å². The van der Waals surface area contributed by atoms with Crippen LogP contribution in [0.2, 0.25) is 0 Å². The zero-order valence-corrected chi connectivity index (χ0v) is 12.1. The summed E-state index contributed by atoms with van der Waals surface area (Å²) in [6, 6.07) is 7.72. The molecule has 0 saturated heterocycles. The van der Waals surface area contributed by atoms with Gasteiger partial charge in [-0.3, -0.25) is 4.79 Å². The van der Waals surface area contributed by atoms with E-state index >= 15 is 0 Å². The maximum atomic E-state index is 11.9. The number of aliphatic hydroxyl groups is 1. The third kappa shape index (κ3) is 5.43. The van der Waals surface area contributed by atoms with Crippen LogP contribution in [0.15, 0.2) is 24.3 Å². The Hall–Kier alpha value is -1.35. The van der Waals surface area contributed by atoms with E-state index in [9.17, 15) is 9.90 Å². The van der Waals surface area contributed by atoms with Gasteiger partial charge in [0.25, 0.3) is 5.91 Å². The van der Waals surface area contributed by atoms with Gasteiger partial charge in [0.1, 0.15) is 0 Å². The number of aliphatic hydroxyl groups excluding tert-OH is 1. The summed E-state index contributed by atoms with van der Waals surface area (Å²) >= 11 is 0. The molecule has 0 fully saturated rings. The number of benzene rings is 1. The van der Waals surface area contributed by atoms with Gasteiger partial charge in [-0.15, -0.1) is 0 Å². The van der Waals surface area contributed by atoms with E-state index in [1.807, 2.05) is 38.1 Å². The van der Waals surface area contributed by atoms with Gasteiger partial charge in [0.2, 0.25) is 0 Å². The van der Waals surface area contributed by atoms with Gasteiger partial charge in [-0.05, 0) is 36.5 Å². The van der Waals surface area contributed by atoms with Gasteiger partial charge in [-0.25, -0.2) is 0 Å². The summed E-state index contributed by atoms with van der Waals surface area (Å²) in [6.45, 7) is 6.59. The summed E-state index contributed by atoms with van der Waals surface area (Å²) < 4.78 is 0. The lowest BCUT2D eigenvalue weighted by Crippen LogP contribution is -2.28. The van der Waals surface area contributed by atoms with Gasteiger partial charge in [-0.1, -0.05) is 39.3 Å². The molecule has 1 unspecified atom stereocenters. The Balaban J connectivity index is 2.41. The molecule has 3 heteroatoms. The summed E-state index contributed by atoms with van der Waals surface area (Å²) in [7, 11) is 0. The van der Waals surface area contributed by atoms with E-state index in [1.54, 1.807) is 0 Å². The maximum absolute atomic E-state index is 11.9. The molecule has 1 amide bonds. The number of rotatable bonds is 7. The SMILES string of the molecule is CCCc1ccc(C(=O)NCCC(O)C(C)C)cc1. The van der Waals surface area contributed by atoms with Crippen molar-refractivity contribution in [2.24, 2.45) is 5.92 Å². The van der Waals surface area contributed by atoms with Crippen molar-refractivity contribution in [2.45, 2.75) is 46.1 Å². The Labute approximate surface area is 116 Å². The lowest BCUT2D eigenvalue weighted by molar-refractivity contribution is 0.0920. The first kappa shape index (κ1) is 15.7. The minimum Gasteiger partial charge on any atom is -0.393 e. The molecule has 106 valence electrons. The van der Waals surface area contributed by atoms with E-state index in [0.717, 1.165) is 12.8 Å². The average molecular weight is 263 g/mol. The fourth-order valence-electron chi connectivity index (χ4n) is 1.88. The molecule has 2 N–H and O–H groups in total. The van der Waals surface area contributed by atoms with Crippen LogP contribution in [0.25, 0.3) is 0 Å². The fourth-order valence-corrected chi connectivity index (χ4v) is 1.88. The molecular formula is C16H25NO2. The van der Waals surface area contributed by atoms with E-state index in [-0.39, 0.29) is 17.9 Å². The summed E-state index contributed by atoms with van der Waals surface area (Å²) in [6.07, 6.45) is 2.39. The van der Waals surface area contributed by atoms with Crippen LogP contribution in [0.5, 0.6) is 0 Å². The molecule has 0 saturated carbocycles. The van der Waals surface area contributed by atoms with Crippen molar-refractivity contribution in [3.8, 4) is 0 Å². The lowest BCUT2D eigenvalue weighted by Gasteiger charge is -2.14. The van der Waals surface area contributed by atoms with Crippen molar-refractivity contribution >= 4 is 5.91 Å². The van der Waals surface area contributed by atoms with E-state index in [4.69, 9.17) is 0 Å². The van der Waals surface area contributed by atoms with Gasteiger partial charge in [0, 0.05) is 12.1 Å². The van der Waals surface area contributed by atoms with Crippen molar-refractivity contribution in [3.63, 3.8) is 0 Å². The molecule has 0 aliphatic carbocycles. The van der Waals surface area contributed by atoms with Gasteiger partial charge in [-0.2, -0.15) is 0 Å². The number of amides is 1. The highest BCUT2D eigenvalue weighted by Gasteiger charge is 2.10. The molecule has 0 aliphatic rings. The number of hydrogen-bond donors (Lipinski definition) is 2. The monoisotopic (exact) mass is 263 g/mol. The number of aryl methyl sites for hydroxylation is 1. The number of carbonyl (C=O) groups is 1. The Morgan fingerprint density at radius 1 is 1.26 bits per heavy atom. The second-order valence-corrected chi connectivity index (χ2v) is 5.30. The zero-order valence-electron chi connectivity index (χ0n) is 12.1. The average Bonchev–Trinajstić information content (AvgIpc) is 2.39. The van der Waals surface area contributed by atoms with Crippen LogP contribution in [-0.4, -0.2) is 23.7 Å². The standard InChI is InChI=1S/C16H25NO2/c1-4-5-13-6-8-14(9-7-13)16(19)17-11-10-15(18)12(2)3/h6-9,12,15,18H,4-5,10-11H2,1-3H3,(H,17,19). The van der Waals surface area contributed by atoms with E-state index in [0.29, 0.717) is 18.5 Å². The highest BCUT2D eigenvalue weighted by Crippen LogP contribution is 2.07. The summed E-state index contributed by atoms with van der Waals surface area (Å²) in [5.41, 5.74) is 1.94. The predicted molar refractivity (Wildman–Crippen MR) is 78.2 cm³/mol. The smallest absolute Gasteiger partial charge is 0.251 e. The van der Waals surface area contributed by atoms with Crippen molar-refractivity contribution in [1.82, 2.24) is 5.32 Å². The fraction of sp³-hybridized carbons (Fsp3) is 0.562. The molecule has 0 heterocycles. The first-order chi connectivity index (χ1) is 9.04. The van der Waals surface area contributed by atoms with Crippen LogP contribution in [0.1, 0.15) is 49.5 Å². The molecule has 1 rings (SSSR count). The molecule has 1 aromatic rings.